The normalized spacial score (nSPS) is 12.3. The molecule has 0 saturated heterocycles. The lowest BCUT2D eigenvalue weighted by Gasteiger charge is -2.30. The van der Waals surface area contributed by atoms with E-state index in [9.17, 15) is 18.0 Å². The predicted octanol–water partition coefficient (Wildman–Crippen LogP) is 1.02. The number of nitrogens with one attached hydrogen (secondary N) is 1. The summed E-state index contributed by atoms with van der Waals surface area (Å²) in [7, 11) is -0.662. The third-order valence-electron chi connectivity index (χ3n) is 4.79. The Morgan fingerprint density at radius 1 is 1.16 bits per heavy atom. The van der Waals surface area contributed by atoms with Crippen molar-refractivity contribution in [1.29, 1.82) is 0 Å². The van der Waals surface area contributed by atoms with Crippen molar-refractivity contribution in [3.8, 4) is 5.75 Å². The lowest BCUT2D eigenvalue weighted by molar-refractivity contribution is -0.140. The van der Waals surface area contributed by atoms with Gasteiger partial charge in [-0.25, -0.2) is 8.42 Å². The number of carbonyl (C=O) groups excluding carboxylic acids is 2. The fourth-order valence-electron chi connectivity index (χ4n) is 2.75. The molecule has 0 fully saturated rings. The first kappa shape index (κ1) is 24.3. The second-order valence-corrected chi connectivity index (χ2v) is 9.23. The number of amides is 2. The Morgan fingerprint density at radius 2 is 1.84 bits per heavy atom. The number of ether oxygens (including phenoxy) is 1. The van der Waals surface area contributed by atoms with Gasteiger partial charge in [-0.2, -0.15) is 4.31 Å². The van der Waals surface area contributed by atoms with Crippen LogP contribution >= 0.6 is 0 Å². The molecule has 9 nitrogen and oxygen atoms in total. The number of benzene rings is 1. The summed E-state index contributed by atoms with van der Waals surface area (Å²) < 4.78 is 29.6. The summed E-state index contributed by atoms with van der Waals surface area (Å²) in [5, 5.41) is 2.80. The highest BCUT2D eigenvalue weighted by Gasteiger charge is 2.28. The van der Waals surface area contributed by atoms with Gasteiger partial charge in [-0.15, -0.1) is 0 Å². The van der Waals surface area contributed by atoms with Crippen LogP contribution in [0, 0.1) is 0 Å². The van der Waals surface area contributed by atoms with E-state index in [1.54, 1.807) is 56.8 Å². The van der Waals surface area contributed by atoms with Crippen molar-refractivity contribution in [2.75, 3.05) is 27.0 Å². The molecular weight excluding hydrogens is 420 g/mol. The smallest absolute Gasteiger partial charge is 0.242 e. The van der Waals surface area contributed by atoms with Crippen molar-refractivity contribution in [2.24, 2.45) is 0 Å². The second kappa shape index (κ2) is 10.9. The maximum absolute atomic E-state index is 13.0. The van der Waals surface area contributed by atoms with Crippen molar-refractivity contribution in [2.45, 2.75) is 26.1 Å². The number of hydrogen-bond acceptors (Lipinski definition) is 6. The summed E-state index contributed by atoms with van der Waals surface area (Å²) in [5.74, 6) is -0.166. The van der Waals surface area contributed by atoms with Gasteiger partial charge in [0.25, 0.3) is 0 Å². The minimum Gasteiger partial charge on any atom is -0.497 e. The Hall–Kier alpha value is -2.98. The Balaban J connectivity index is 2.17. The molecule has 2 rings (SSSR count). The predicted molar refractivity (Wildman–Crippen MR) is 117 cm³/mol. The van der Waals surface area contributed by atoms with E-state index in [0.717, 1.165) is 21.7 Å². The molecule has 0 aliphatic heterocycles. The molecule has 0 aliphatic carbocycles. The highest BCUT2D eigenvalue weighted by Crippen LogP contribution is 2.15. The van der Waals surface area contributed by atoms with Gasteiger partial charge >= 0.3 is 0 Å². The zero-order valence-electron chi connectivity index (χ0n) is 18.1. The molecule has 0 spiro atoms. The minimum atomic E-state index is -3.54. The third-order valence-corrected chi connectivity index (χ3v) is 6.05. The molecule has 0 aliphatic rings. The summed E-state index contributed by atoms with van der Waals surface area (Å²) in [6.45, 7) is 1.66. The van der Waals surface area contributed by atoms with Crippen molar-refractivity contribution in [1.82, 2.24) is 19.5 Å². The quantitative estimate of drug-likeness (QED) is 0.581. The number of hydrogen-bond donors (Lipinski definition) is 1. The molecule has 168 valence electrons. The molecule has 0 saturated carbocycles. The fourth-order valence-corrected chi connectivity index (χ4v) is 3.09. The molecule has 1 unspecified atom stereocenters. The molecule has 1 aromatic carbocycles. The van der Waals surface area contributed by atoms with Crippen LogP contribution in [0.5, 0.6) is 5.75 Å². The Labute approximate surface area is 183 Å². The van der Waals surface area contributed by atoms with E-state index >= 15 is 0 Å². The molecule has 31 heavy (non-hydrogen) atoms. The fraction of sp³-hybridized carbons (Fsp3) is 0.381. The lowest BCUT2D eigenvalue weighted by atomic mass is 10.1. The monoisotopic (exact) mass is 448 g/mol. The SMILES string of the molecule is COc1ccc(CN(C(=O)CN(C)S(C)(=O)=O)C(C)C(=O)NCc2cccnc2)cc1. The topological polar surface area (TPSA) is 109 Å². The van der Waals surface area contributed by atoms with Gasteiger partial charge in [0, 0.05) is 32.5 Å². The van der Waals surface area contributed by atoms with Crippen molar-refractivity contribution >= 4 is 21.8 Å². The number of nitrogens with zero attached hydrogens (tertiary/aromatic N) is 3. The van der Waals surface area contributed by atoms with E-state index in [4.69, 9.17) is 4.74 Å². The maximum atomic E-state index is 13.0. The van der Waals surface area contributed by atoms with Crippen molar-refractivity contribution in [3.05, 3.63) is 59.9 Å². The number of aromatic nitrogens is 1. The Bertz CT molecular complexity index is 981. The van der Waals surface area contributed by atoms with Crippen molar-refractivity contribution in [3.63, 3.8) is 0 Å². The summed E-state index contributed by atoms with van der Waals surface area (Å²) in [6.07, 6.45) is 4.31. The largest absolute Gasteiger partial charge is 0.497 e. The van der Waals surface area contributed by atoms with Gasteiger partial charge < -0.3 is 15.0 Å². The highest BCUT2D eigenvalue weighted by atomic mass is 32.2. The van der Waals surface area contributed by atoms with Crippen LogP contribution in [-0.4, -0.2) is 67.4 Å². The van der Waals surface area contributed by atoms with Gasteiger partial charge in [0.05, 0.1) is 19.9 Å². The third kappa shape index (κ3) is 7.34. The molecule has 1 aromatic heterocycles. The van der Waals surface area contributed by atoms with Crippen LogP contribution in [0.1, 0.15) is 18.1 Å². The summed E-state index contributed by atoms with van der Waals surface area (Å²) in [6, 6.07) is 9.88. The lowest BCUT2D eigenvalue weighted by Crippen LogP contribution is -2.50. The second-order valence-electron chi connectivity index (χ2n) is 7.14. The van der Waals surface area contributed by atoms with Crippen LogP contribution in [0.15, 0.2) is 48.8 Å². The Kier molecular flexibility index (Phi) is 8.52. The first-order valence-electron chi connectivity index (χ1n) is 9.62. The average Bonchev–Trinajstić information content (AvgIpc) is 2.75. The zero-order chi connectivity index (χ0) is 23.0. The van der Waals surface area contributed by atoms with E-state index in [1.165, 1.54) is 11.9 Å². The number of carbonyl (C=O) groups is 2. The summed E-state index contributed by atoms with van der Waals surface area (Å²) in [4.78, 5) is 31.1. The number of pyridine rings is 1. The van der Waals surface area contributed by atoms with Gasteiger partial charge in [-0.05, 0) is 36.2 Å². The van der Waals surface area contributed by atoms with Gasteiger partial charge in [-0.3, -0.25) is 14.6 Å². The molecule has 10 heteroatoms. The van der Waals surface area contributed by atoms with Crippen LogP contribution in [0.4, 0.5) is 0 Å². The van der Waals surface area contributed by atoms with Gasteiger partial charge in [-0.1, -0.05) is 18.2 Å². The van der Waals surface area contributed by atoms with E-state index in [2.05, 4.69) is 10.3 Å². The molecule has 2 amide bonds. The van der Waals surface area contributed by atoms with Crippen LogP contribution in [0.3, 0.4) is 0 Å². The van der Waals surface area contributed by atoms with Crippen LogP contribution in [0.25, 0.3) is 0 Å². The van der Waals surface area contributed by atoms with Crippen LogP contribution in [0.2, 0.25) is 0 Å². The van der Waals surface area contributed by atoms with E-state index in [-0.39, 0.29) is 25.5 Å². The Morgan fingerprint density at radius 3 is 2.39 bits per heavy atom. The molecule has 0 bridgehead atoms. The minimum absolute atomic E-state index is 0.141. The number of sulfonamides is 1. The first-order chi connectivity index (χ1) is 14.6. The molecule has 0 radical (unpaired) electrons. The highest BCUT2D eigenvalue weighted by molar-refractivity contribution is 7.88. The van der Waals surface area contributed by atoms with Crippen molar-refractivity contribution < 1.29 is 22.7 Å². The molecule has 1 heterocycles. The van der Waals surface area contributed by atoms with E-state index < -0.39 is 22.0 Å². The van der Waals surface area contributed by atoms with Gasteiger partial charge in [0.2, 0.25) is 21.8 Å². The van der Waals surface area contributed by atoms with Gasteiger partial charge in [0.15, 0.2) is 0 Å². The molecule has 1 atom stereocenters. The van der Waals surface area contributed by atoms with E-state index in [0.29, 0.717) is 5.75 Å². The van der Waals surface area contributed by atoms with Crippen LogP contribution < -0.4 is 10.1 Å². The summed E-state index contributed by atoms with van der Waals surface area (Å²) >= 11 is 0. The number of rotatable bonds is 10. The molecule has 1 N–H and O–H groups in total. The number of likely N-dealkylation sites (N-methyl/N-ethyl adjacent to an activating group) is 1. The zero-order valence-corrected chi connectivity index (χ0v) is 18.9. The van der Waals surface area contributed by atoms with Gasteiger partial charge in [0.1, 0.15) is 11.8 Å². The number of methoxy groups -OCH3 is 1. The van der Waals surface area contributed by atoms with Crippen LogP contribution in [-0.2, 0) is 32.7 Å². The maximum Gasteiger partial charge on any atom is 0.242 e. The molecular formula is C21H28N4O5S. The molecule has 2 aromatic rings. The summed E-state index contributed by atoms with van der Waals surface area (Å²) in [5.41, 5.74) is 1.61. The first-order valence-corrected chi connectivity index (χ1v) is 11.5. The average molecular weight is 449 g/mol. The standard InChI is InChI=1S/C21H28N4O5S/c1-16(21(27)23-13-18-6-5-11-22-12-18)25(20(26)15-24(2)31(4,28)29)14-17-7-9-19(30-3)10-8-17/h5-12,16H,13-15H2,1-4H3,(H,23,27). The van der Waals surface area contributed by atoms with E-state index in [1.807, 2.05) is 6.07 Å².